The van der Waals surface area contributed by atoms with E-state index < -0.39 is 11.9 Å². The van der Waals surface area contributed by atoms with E-state index in [-0.39, 0.29) is 17.7 Å². The van der Waals surface area contributed by atoms with Crippen molar-refractivity contribution < 1.29 is 19.1 Å². The molecule has 168 valence electrons. The molecule has 0 saturated heterocycles. The van der Waals surface area contributed by atoms with E-state index in [4.69, 9.17) is 4.74 Å². The number of benzene rings is 1. The molecule has 0 bridgehead atoms. The van der Waals surface area contributed by atoms with Crippen LogP contribution >= 0.6 is 11.3 Å². The number of amides is 1. The highest BCUT2D eigenvalue weighted by atomic mass is 32.1. The number of hydrogen-bond donors (Lipinski definition) is 2. The number of carbonyl (C=O) groups excluding carboxylic acids is 2. The first kappa shape index (κ1) is 23.1. The molecule has 1 heterocycles. The average molecular weight is 457 g/mol. The predicted octanol–water partition coefficient (Wildman–Crippen LogP) is 0.532. The Bertz CT molecular complexity index is 1220. The zero-order valence-corrected chi connectivity index (χ0v) is 18.7. The summed E-state index contributed by atoms with van der Waals surface area (Å²) in [5.41, 5.74) is 0.282. The second-order valence-corrected chi connectivity index (χ2v) is 8.17. The van der Waals surface area contributed by atoms with Gasteiger partial charge in [-0.2, -0.15) is 5.26 Å². The summed E-state index contributed by atoms with van der Waals surface area (Å²) >= 11 is 1.08. The Morgan fingerprint density at radius 1 is 1.38 bits per heavy atom. The molecule has 1 fully saturated rings. The number of anilines is 1. The lowest BCUT2D eigenvalue weighted by molar-refractivity contribution is -0.142. The summed E-state index contributed by atoms with van der Waals surface area (Å²) in [6.07, 6.45) is 3.69. The summed E-state index contributed by atoms with van der Waals surface area (Å²) in [6.45, 7) is 2.44. The molecule has 0 atom stereocenters. The van der Waals surface area contributed by atoms with Gasteiger partial charge in [-0.3, -0.25) is 14.2 Å². The van der Waals surface area contributed by atoms with E-state index in [1.54, 1.807) is 31.2 Å². The number of methoxy groups -OCH3 is 1. The average Bonchev–Trinajstić information content (AvgIpc) is 3.58. The van der Waals surface area contributed by atoms with E-state index >= 15 is 0 Å². The molecule has 1 aromatic heterocycles. The smallest absolute Gasteiger partial charge is 0.343 e. The van der Waals surface area contributed by atoms with Gasteiger partial charge in [0.15, 0.2) is 12.2 Å². The highest BCUT2D eigenvalue weighted by Gasteiger charge is 2.23. The van der Waals surface area contributed by atoms with Gasteiger partial charge in [-0.25, -0.2) is 4.79 Å². The molecule has 2 aromatic rings. The highest BCUT2D eigenvalue weighted by molar-refractivity contribution is 7.07. The Balaban J connectivity index is 1.86. The summed E-state index contributed by atoms with van der Waals surface area (Å²) in [7, 11) is 1.28. The molecule has 2 N–H and O–H groups in total. The number of esters is 1. The van der Waals surface area contributed by atoms with Crippen molar-refractivity contribution in [2.24, 2.45) is 5.92 Å². The second kappa shape index (κ2) is 10.6. The Labute approximate surface area is 188 Å². The number of nitrogens with one attached hydrogen (secondary N) is 2. The minimum absolute atomic E-state index is 0.0625. The second-order valence-electron chi connectivity index (χ2n) is 7.14. The van der Waals surface area contributed by atoms with Crippen LogP contribution in [0.15, 0.2) is 29.1 Å². The fourth-order valence-corrected chi connectivity index (χ4v) is 3.95. The molecular formula is C22H24N4O5S. The number of carbonyl (C=O) groups is 2. The number of aromatic nitrogens is 1. The van der Waals surface area contributed by atoms with Crippen molar-refractivity contribution in [1.29, 1.82) is 5.26 Å². The standard InChI is InChI=1S/C22H24N4O5S/c1-3-26-21(29)18(32-22(26)17(10-23)20(28)25-11-14-7-8-14)12-24-15-5-4-6-16(9-15)31-13-19(27)30-2/h4-6,9,12,14,24H,3,7-8,11,13H2,1-2H3,(H,25,28)/b18-12+,22-17-. The molecule has 1 saturated carbocycles. The van der Waals surface area contributed by atoms with Crippen molar-refractivity contribution in [2.75, 3.05) is 25.6 Å². The Morgan fingerprint density at radius 2 is 2.16 bits per heavy atom. The fourth-order valence-electron chi connectivity index (χ4n) is 2.86. The van der Waals surface area contributed by atoms with E-state index in [1.807, 2.05) is 6.07 Å². The fraction of sp³-hybridized carbons (Fsp3) is 0.364. The molecule has 10 heteroatoms. The quantitative estimate of drug-likeness (QED) is 0.528. The monoisotopic (exact) mass is 456 g/mol. The van der Waals surface area contributed by atoms with Crippen LogP contribution in [0.2, 0.25) is 0 Å². The van der Waals surface area contributed by atoms with Gasteiger partial charge in [0.05, 0.1) is 7.11 Å². The maximum Gasteiger partial charge on any atom is 0.343 e. The van der Waals surface area contributed by atoms with Gasteiger partial charge in [0.1, 0.15) is 21.0 Å². The molecular weight excluding hydrogens is 432 g/mol. The van der Waals surface area contributed by atoms with Crippen LogP contribution in [-0.4, -0.2) is 36.7 Å². The molecule has 1 aliphatic rings. The topological polar surface area (TPSA) is 122 Å². The van der Waals surface area contributed by atoms with Crippen LogP contribution in [0.4, 0.5) is 5.69 Å². The molecule has 1 aromatic carbocycles. The number of nitrogens with zero attached hydrogens (tertiary/aromatic N) is 2. The van der Waals surface area contributed by atoms with Gasteiger partial charge < -0.3 is 20.1 Å². The van der Waals surface area contributed by atoms with E-state index in [0.717, 1.165) is 24.2 Å². The Hall–Kier alpha value is -3.58. The first-order valence-electron chi connectivity index (χ1n) is 10.2. The largest absolute Gasteiger partial charge is 0.482 e. The summed E-state index contributed by atoms with van der Waals surface area (Å²) in [5, 5.41) is 15.4. The van der Waals surface area contributed by atoms with Crippen molar-refractivity contribution in [3.63, 3.8) is 0 Å². The van der Waals surface area contributed by atoms with Crippen LogP contribution in [0.5, 0.6) is 5.75 Å². The van der Waals surface area contributed by atoms with Crippen LogP contribution in [-0.2, 0) is 20.9 Å². The third-order valence-corrected chi connectivity index (χ3v) is 5.94. The van der Waals surface area contributed by atoms with Crippen molar-refractivity contribution in [3.05, 3.63) is 43.8 Å². The number of ether oxygens (including phenoxy) is 2. The maximum absolute atomic E-state index is 12.8. The predicted molar refractivity (Wildman–Crippen MR) is 120 cm³/mol. The van der Waals surface area contributed by atoms with Crippen molar-refractivity contribution >= 4 is 40.7 Å². The Kier molecular flexibility index (Phi) is 7.68. The van der Waals surface area contributed by atoms with Crippen LogP contribution < -0.4 is 30.1 Å². The van der Waals surface area contributed by atoms with Crippen LogP contribution in [0.1, 0.15) is 19.8 Å². The van der Waals surface area contributed by atoms with E-state index in [0.29, 0.717) is 39.6 Å². The molecule has 9 nitrogen and oxygen atoms in total. The first-order chi connectivity index (χ1) is 15.5. The molecule has 0 aliphatic heterocycles. The van der Waals surface area contributed by atoms with E-state index in [9.17, 15) is 19.6 Å². The number of nitriles is 1. The van der Waals surface area contributed by atoms with E-state index in [2.05, 4.69) is 15.4 Å². The number of hydrogen-bond acceptors (Lipinski definition) is 8. The summed E-state index contributed by atoms with van der Waals surface area (Å²) in [4.78, 5) is 36.5. The summed E-state index contributed by atoms with van der Waals surface area (Å²) < 4.78 is 12.0. The number of thiazole rings is 1. The zero-order chi connectivity index (χ0) is 23.1. The first-order valence-corrected chi connectivity index (χ1v) is 11.0. The van der Waals surface area contributed by atoms with Gasteiger partial charge >= 0.3 is 5.97 Å². The van der Waals surface area contributed by atoms with Crippen molar-refractivity contribution in [3.8, 4) is 11.8 Å². The van der Waals surface area contributed by atoms with Crippen molar-refractivity contribution in [2.45, 2.75) is 26.3 Å². The molecule has 0 spiro atoms. The van der Waals surface area contributed by atoms with Gasteiger partial charge in [0.2, 0.25) is 0 Å². The third-order valence-electron chi connectivity index (χ3n) is 4.81. The lowest BCUT2D eigenvalue weighted by atomic mass is 10.3. The minimum Gasteiger partial charge on any atom is -0.482 e. The maximum atomic E-state index is 12.8. The molecule has 0 unspecified atom stereocenters. The molecule has 1 amide bonds. The lowest BCUT2D eigenvalue weighted by Crippen LogP contribution is -2.35. The van der Waals surface area contributed by atoms with Gasteiger partial charge in [0.25, 0.3) is 11.5 Å². The van der Waals surface area contributed by atoms with Crippen LogP contribution in [0.25, 0.3) is 11.8 Å². The number of rotatable bonds is 9. The molecule has 1 aliphatic carbocycles. The zero-order valence-electron chi connectivity index (χ0n) is 17.8. The summed E-state index contributed by atoms with van der Waals surface area (Å²) in [5.74, 6) is -0.0141. The van der Waals surface area contributed by atoms with Crippen LogP contribution in [0, 0.1) is 17.2 Å². The van der Waals surface area contributed by atoms with Crippen molar-refractivity contribution in [1.82, 2.24) is 9.88 Å². The van der Waals surface area contributed by atoms with Gasteiger partial charge in [-0.1, -0.05) is 6.07 Å². The van der Waals surface area contributed by atoms with Gasteiger partial charge in [0, 0.05) is 31.0 Å². The minimum atomic E-state index is -0.494. The highest BCUT2D eigenvalue weighted by Crippen LogP contribution is 2.27. The van der Waals surface area contributed by atoms with Gasteiger partial charge in [-0.05, 0) is 37.8 Å². The lowest BCUT2D eigenvalue weighted by Gasteiger charge is -2.06. The van der Waals surface area contributed by atoms with E-state index in [1.165, 1.54) is 17.9 Å². The summed E-state index contributed by atoms with van der Waals surface area (Å²) in [6, 6.07) is 8.82. The molecule has 0 radical (unpaired) electrons. The normalized spacial score (nSPS) is 14.3. The molecule has 3 rings (SSSR count). The molecule has 32 heavy (non-hydrogen) atoms. The van der Waals surface area contributed by atoms with Crippen LogP contribution in [0.3, 0.4) is 0 Å². The SMILES string of the molecule is CCn1c(=O)/c(=C\Nc2cccc(OCC(=O)OC)c2)s/c1=C(/C#N)C(=O)NCC1CC1. The third kappa shape index (κ3) is 5.76. The Morgan fingerprint density at radius 3 is 2.81 bits per heavy atom. The van der Waals surface area contributed by atoms with Gasteiger partial charge in [-0.15, -0.1) is 11.3 Å².